The highest BCUT2D eigenvalue weighted by molar-refractivity contribution is 6.32. The Hall–Kier alpha value is -4.11. The highest BCUT2D eigenvalue weighted by Gasteiger charge is 2.14. The van der Waals surface area contributed by atoms with Gasteiger partial charge in [-0.1, -0.05) is 23.7 Å². The van der Waals surface area contributed by atoms with Crippen LogP contribution < -0.4 is 15.4 Å². The van der Waals surface area contributed by atoms with E-state index in [2.05, 4.69) is 30.8 Å². The molecule has 4 aromatic rings. The molecule has 0 saturated heterocycles. The van der Waals surface area contributed by atoms with Crippen molar-refractivity contribution in [3.05, 3.63) is 70.5 Å². The van der Waals surface area contributed by atoms with Crippen molar-refractivity contribution in [2.24, 2.45) is 0 Å². The first-order chi connectivity index (χ1) is 16.4. The van der Waals surface area contributed by atoms with Crippen LogP contribution in [0.2, 0.25) is 5.02 Å². The van der Waals surface area contributed by atoms with Gasteiger partial charge in [-0.05, 0) is 54.8 Å². The SMILES string of the molecule is COC(=O)c1ccc(-c2cc(OC)c(Nc3ncc(Cl)c(Nc4cc(C)[nH]n4)n3)cc2C)cc1. The van der Waals surface area contributed by atoms with E-state index in [0.717, 1.165) is 22.4 Å². The van der Waals surface area contributed by atoms with Crippen LogP contribution in [0.1, 0.15) is 21.6 Å². The Labute approximate surface area is 201 Å². The lowest BCUT2D eigenvalue weighted by molar-refractivity contribution is 0.0600. The summed E-state index contributed by atoms with van der Waals surface area (Å²) in [6.07, 6.45) is 1.51. The number of halogens is 1. The molecule has 0 amide bonds. The van der Waals surface area contributed by atoms with Crippen LogP contribution in [0.5, 0.6) is 5.75 Å². The maximum Gasteiger partial charge on any atom is 0.337 e. The van der Waals surface area contributed by atoms with Gasteiger partial charge in [0.25, 0.3) is 0 Å². The number of aromatic amines is 1. The maximum absolute atomic E-state index is 11.7. The Morgan fingerprint density at radius 3 is 2.47 bits per heavy atom. The molecule has 0 aliphatic rings. The number of nitrogens with one attached hydrogen (secondary N) is 3. The van der Waals surface area contributed by atoms with Gasteiger partial charge in [-0.15, -0.1) is 0 Å². The third-order valence-corrected chi connectivity index (χ3v) is 5.38. The summed E-state index contributed by atoms with van der Waals surface area (Å²) in [5.41, 5.74) is 4.99. The summed E-state index contributed by atoms with van der Waals surface area (Å²) in [5.74, 6) is 1.59. The van der Waals surface area contributed by atoms with Crippen LogP contribution in [0, 0.1) is 13.8 Å². The second kappa shape index (κ2) is 9.80. The molecule has 0 atom stereocenters. The number of nitrogens with zero attached hydrogens (tertiary/aromatic N) is 3. The van der Waals surface area contributed by atoms with Crippen LogP contribution in [-0.2, 0) is 4.74 Å². The van der Waals surface area contributed by atoms with Gasteiger partial charge in [0.1, 0.15) is 10.8 Å². The van der Waals surface area contributed by atoms with Gasteiger partial charge >= 0.3 is 5.97 Å². The molecule has 0 aliphatic heterocycles. The number of esters is 1. The molecule has 0 saturated carbocycles. The second-order valence-electron chi connectivity index (χ2n) is 7.51. The minimum absolute atomic E-state index is 0.340. The van der Waals surface area contributed by atoms with Gasteiger partial charge in [0, 0.05) is 11.8 Å². The average Bonchev–Trinajstić information content (AvgIpc) is 3.25. The molecule has 0 bridgehead atoms. The van der Waals surface area contributed by atoms with E-state index in [1.807, 2.05) is 44.2 Å². The van der Waals surface area contributed by atoms with Crippen molar-refractivity contribution in [3.8, 4) is 16.9 Å². The number of H-pyrrole nitrogens is 1. The molecule has 9 nitrogen and oxygen atoms in total. The van der Waals surface area contributed by atoms with Gasteiger partial charge in [-0.3, -0.25) is 5.10 Å². The van der Waals surface area contributed by atoms with Gasteiger partial charge in [-0.25, -0.2) is 9.78 Å². The molecule has 0 unspecified atom stereocenters. The first-order valence-electron chi connectivity index (χ1n) is 10.3. The highest BCUT2D eigenvalue weighted by atomic mass is 35.5. The number of benzene rings is 2. The van der Waals surface area contributed by atoms with Crippen molar-refractivity contribution in [1.82, 2.24) is 20.2 Å². The molecular weight excluding hydrogens is 456 g/mol. The van der Waals surface area contributed by atoms with E-state index in [1.54, 1.807) is 19.2 Å². The predicted molar refractivity (Wildman–Crippen MR) is 131 cm³/mol. The molecule has 2 aromatic carbocycles. The van der Waals surface area contributed by atoms with E-state index >= 15 is 0 Å². The van der Waals surface area contributed by atoms with Crippen molar-refractivity contribution in [2.45, 2.75) is 13.8 Å². The third-order valence-electron chi connectivity index (χ3n) is 5.11. The van der Waals surface area contributed by atoms with Crippen molar-refractivity contribution < 1.29 is 14.3 Å². The number of carbonyl (C=O) groups is 1. The van der Waals surface area contributed by atoms with Crippen LogP contribution in [0.15, 0.2) is 48.7 Å². The zero-order valence-corrected chi connectivity index (χ0v) is 19.8. The molecule has 2 aromatic heterocycles. The molecule has 3 N–H and O–H groups in total. The topological polar surface area (TPSA) is 114 Å². The van der Waals surface area contributed by atoms with E-state index in [9.17, 15) is 4.79 Å². The molecule has 0 fully saturated rings. The first-order valence-corrected chi connectivity index (χ1v) is 10.7. The summed E-state index contributed by atoms with van der Waals surface area (Å²) in [6.45, 7) is 3.89. The van der Waals surface area contributed by atoms with Crippen LogP contribution >= 0.6 is 11.6 Å². The predicted octanol–water partition coefficient (Wildman–Crippen LogP) is 5.42. The summed E-state index contributed by atoms with van der Waals surface area (Å²) >= 11 is 6.26. The number of carbonyl (C=O) groups excluding carboxylic acids is 1. The lowest BCUT2D eigenvalue weighted by Crippen LogP contribution is -2.03. The van der Waals surface area contributed by atoms with E-state index in [4.69, 9.17) is 21.1 Å². The van der Waals surface area contributed by atoms with E-state index in [1.165, 1.54) is 13.3 Å². The number of hydrogen-bond donors (Lipinski definition) is 3. The van der Waals surface area contributed by atoms with Crippen LogP contribution in [0.3, 0.4) is 0 Å². The Bertz CT molecular complexity index is 1340. The fourth-order valence-corrected chi connectivity index (χ4v) is 3.55. The summed E-state index contributed by atoms with van der Waals surface area (Å²) < 4.78 is 10.4. The monoisotopic (exact) mass is 478 g/mol. The van der Waals surface area contributed by atoms with Gasteiger partial charge in [0.15, 0.2) is 11.6 Å². The summed E-state index contributed by atoms with van der Waals surface area (Å²) in [5, 5.41) is 13.6. The van der Waals surface area contributed by atoms with Crippen molar-refractivity contribution in [2.75, 3.05) is 24.9 Å². The van der Waals surface area contributed by atoms with Crippen molar-refractivity contribution >= 4 is 40.8 Å². The maximum atomic E-state index is 11.7. The van der Waals surface area contributed by atoms with E-state index < -0.39 is 0 Å². The number of aryl methyl sites for hydroxylation is 2. The summed E-state index contributed by atoms with van der Waals surface area (Å²) in [4.78, 5) is 20.5. The van der Waals surface area contributed by atoms with E-state index in [-0.39, 0.29) is 5.97 Å². The Kier molecular flexibility index (Phi) is 6.65. The van der Waals surface area contributed by atoms with Gasteiger partial charge in [0.05, 0.1) is 31.7 Å². The molecule has 10 heteroatoms. The van der Waals surface area contributed by atoms with Crippen LogP contribution in [0.25, 0.3) is 11.1 Å². The molecule has 0 aliphatic carbocycles. The van der Waals surface area contributed by atoms with Crippen LogP contribution in [0.4, 0.5) is 23.3 Å². The number of rotatable bonds is 7. The lowest BCUT2D eigenvalue weighted by Gasteiger charge is -2.15. The van der Waals surface area contributed by atoms with Gasteiger partial charge < -0.3 is 20.1 Å². The minimum Gasteiger partial charge on any atom is -0.495 e. The lowest BCUT2D eigenvalue weighted by atomic mass is 9.98. The zero-order valence-electron chi connectivity index (χ0n) is 19.1. The van der Waals surface area contributed by atoms with Crippen molar-refractivity contribution in [3.63, 3.8) is 0 Å². The summed E-state index contributed by atoms with van der Waals surface area (Å²) in [6, 6.07) is 12.9. The molecule has 0 spiro atoms. The molecule has 34 heavy (non-hydrogen) atoms. The fourth-order valence-electron chi connectivity index (χ4n) is 3.41. The Morgan fingerprint density at radius 1 is 1.06 bits per heavy atom. The third kappa shape index (κ3) is 4.94. The fraction of sp³-hybridized carbons (Fsp3) is 0.167. The normalized spacial score (nSPS) is 10.6. The van der Waals surface area contributed by atoms with Gasteiger partial charge in [-0.2, -0.15) is 10.1 Å². The number of aromatic nitrogens is 4. The van der Waals surface area contributed by atoms with Gasteiger partial charge in [0.2, 0.25) is 5.95 Å². The molecule has 0 radical (unpaired) electrons. The van der Waals surface area contributed by atoms with E-state index in [0.29, 0.717) is 39.6 Å². The standard InChI is InChI=1S/C24H23ClN6O3/c1-13-9-19(20(33-3)11-17(13)15-5-7-16(8-6-15)23(32)34-4)27-24-26-12-18(25)22(29-24)28-21-10-14(2)30-31-21/h5-12H,1-4H3,(H3,26,27,28,29,30,31). The van der Waals surface area contributed by atoms with Crippen LogP contribution in [-0.4, -0.2) is 40.4 Å². The summed E-state index contributed by atoms with van der Waals surface area (Å²) in [7, 11) is 2.95. The Balaban J connectivity index is 1.61. The number of ether oxygens (including phenoxy) is 2. The second-order valence-corrected chi connectivity index (χ2v) is 7.92. The molecule has 4 rings (SSSR count). The van der Waals surface area contributed by atoms with Crippen molar-refractivity contribution in [1.29, 1.82) is 0 Å². The highest BCUT2D eigenvalue weighted by Crippen LogP contribution is 2.35. The largest absolute Gasteiger partial charge is 0.495 e. The average molecular weight is 479 g/mol. The first kappa shape index (κ1) is 23.1. The smallest absolute Gasteiger partial charge is 0.337 e. The number of hydrogen-bond acceptors (Lipinski definition) is 8. The molecule has 2 heterocycles. The quantitative estimate of drug-likeness (QED) is 0.302. The molecule has 174 valence electrons. The number of anilines is 4. The Morgan fingerprint density at radius 2 is 1.82 bits per heavy atom. The number of methoxy groups -OCH3 is 2. The zero-order chi connectivity index (χ0) is 24.2. The molecular formula is C24H23ClN6O3. The minimum atomic E-state index is -0.375.